The van der Waals surface area contributed by atoms with E-state index in [0.29, 0.717) is 42.2 Å². The molecule has 2 aliphatic rings. The summed E-state index contributed by atoms with van der Waals surface area (Å²) in [5.41, 5.74) is 2.23. The van der Waals surface area contributed by atoms with Gasteiger partial charge in [-0.2, -0.15) is 0 Å². The molecule has 1 N–H and O–H groups in total. The monoisotopic (exact) mass is 550 g/mol. The number of ether oxygens (including phenoxy) is 3. The summed E-state index contributed by atoms with van der Waals surface area (Å²) in [6, 6.07) is 10.1. The highest BCUT2D eigenvalue weighted by Gasteiger charge is 2.46. The van der Waals surface area contributed by atoms with E-state index in [0.717, 1.165) is 50.2 Å². The number of hydrogen-bond acceptors (Lipinski definition) is 7. The Morgan fingerprint density at radius 2 is 1.85 bits per heavy atom. The fourth-order valence-electron chi connectivity index (χ4n) is 5.49. The quantitative estimate of drug-likeness (QED) is 0.156. The molecule has 2 aliphatic heterocycles. The van der Waals surface area contributed by atoms with Crippen LogP contribution < -0.4 is 14.2 Å². The number of Topliss-reactive ketones (excluding diaryl/α,β-unsaturated/α-hetero) is 1. The van der Waals surface area contributed by atoms with E-state index in [2.05, 4.69) is 25.7 Å². The Kier molecular flexibility index (Phi) is 9.74. The summed E-state index contributed by atoms with van der Waals surface area (Å²) >= 11 is 0. The second kappa shape index (κ2) is 13.2. The fourth-order valence-corrected chi connectivity index (χ4v) is 5.49. The number of benzene rings is 2. The van der Waals surface area contributed by atoms with Gasteiger partial charge in [0.25, 0.3) is 11.7 Å². The van der Waals surface area contributed by atoms with Crippen molar-refractivity contribution in [3.63, 3.8) is 0 Å². The van der Waals surface area contributed by atoms with Crippen molar-refractivity contribution < 1.29 is 28.9 Å². The molecule has 0 aliphatic carbocycles. The van der Waals surface area contributed by atoms with E-state index in [9.17, 15) is 14.7 Å². The van der Waals surface area contributed by atoms with Gasteiger partial charge < -0.3 is 29.1 Å². The average molecular weight is 551 g/mol. The molecule has 1 fully saturated rings. The minimum atomic E-state index is -0.751. The van der Waals surface area contributed by atoms with Crippen LogP contribution in [-0.2, 0) is 16.0 Å². The second-order valence-corrected chi connectivity index (χ2v) is 10.4. The molecule has 2 atom stereocenters. The molecule has 4 rings (SSSR count). The number of nitrogens with zero attached hydrogens (tertiary/aromatic N) is 2. The summed E-state index contributed by atoms with van der Waals surface area (Å²) in [6.07, 6.45) is 3.40. The lowest BCUT2D eigenvalue weighted by Crippen LogP contribution is -2.33. The van der Waals surface area contributed by atoms with Crippen LogP contribution in [0.3, 0.4) is 0 Å². The number of carbonyl (C=O) groups is 2. The number of ketones is 1. The first-order valence-corrected chi connectivity index (χ1v) is 14.4. The number of aliphatic hydroxyl groups is 1. The molecular formula is C32H42N2O6. The van der Waals surface area contributed by atoms with Gasteiger partial charge in [0.1, 0.15) is 17.6 Å². The van der Waals surface area contributed by atoms with Crippen molar-refractivity contribution >= 4 is 17.4 Å². The van der Waals surface area contributed by atoms with E-state index in [4.69, 9.17) is 14.2 Å². The first-order chi connectivity index (χ1) is 19.3. The minimum absolute atomic E-state index is 0.0503. The molecule has 1 saturated heterocycles. The van der Waals surface area contributed by atoms with Crippen molar-refractivity contribution in [1.29, 1.82) is 0 Å². The number of hydrogen-bond donors (Lipinski definition) is 1. The van der Waals surface area contributed by atoms with Gasteiger partial charge in [0.2, 0.25) is 0 Å². The molecule has 0 spiro atoms. The smallest absolute Gasteiger partial charge is 0.295 e. The van der Waals surface area contributed by atoms with Crippen molar-refractivity contribution in [1.82, 2.24) is 9.80 Å². The van der Waals surface area contributed by atoms with E-state index >= 15 is 0 Å². The zero-order valence-corrected chi connectivity index (χ0v) is 24.4. The topological polar surface area (TPSA) is 88.5 Å². The summed E-state index contributed by atoms with van der Waals surface area (Å²) in [4.78, 5) is 30.8. The Morgan fingerprint density at radius 1 is 1.07 bits per heavy atom. The third kappa shape index (κ3) is 6.12. The van der Waals surface area contributed by atoms with E-state index < -0.39 is 17.7 Å². The summed E-state index contributed by atoms with van der Waals surface area (Å²) in [5, 5.41) is 11.5. The third-order valence-electron chi connectivity index (χ3n) is 7.74. The molecule has 0 bridgehead atoms. The van der Waals surface area contributed by atoms with Crippen LogP contribution in [0.1, 0.15) is 69.7 Å². The Labute approximate surface area is 237 Å². The Hall–Kier alpha value is -3.52. The summed E-state index contributed by atoms with van der Waals surface area (Å²) in [7, 11) is 1.57. The van der Waals surface area contributed by atoms with Crippen molar-refractivity contribution in [3.8, 4) is 17.2 Å². The molecule has 1 amide bonds. The van der Waals surface area contributed by atoms with Crippen molar-refractivity contribution in [3.05, 3.63) is 58.7 Å². The third-order valence-corrected chi connectivity index (χ3v) is 7.74. The number of amides is 1. The highest BCUT2D eigenvalue weighted by atomic mass is 16.5. The van der Waals surface area contributed by atoms with Crippen LogP contribution in [0.15, 0.2) is 42.0 Å². The Bertz CT molecular complexity index is 1250. The highest BCUT2D eigenvalue weighted by molar-refractivity contribution is 6.46. The average Bonchev–Trinajstić information content (AvgIpc) is 3.46. The summed E-state index contributed by atoms with van der Waals surface area (Å²) < 4.78 is 17.4. The number of fused-ring (bicyclic) bond motifs is 1. The second-order valence-electron chi connectivity index (χ2n) is 10.4. The maximum atomic E-state index is 13.5. The first kappa shape index (κ1) is 29.5. The van der Waals surface area contributed by atoms with Gasteiger partial charge in [-0.25, -0.2) is 0 Å². The molecule has 2 aromatic carbocycles. The van der Waals surface area contributed by atoms with Crippen molar-refractivity contribution in [2.75, 3.05) is 39.9 Å². The fraction of sp³-hybridized carbons (Fsp3) is 0.500. The number of carbonyl (C=O) groups excluding carboxylic acids is 2. The summed E-state index contributed by atoms with van der Waals surface area (Å²) in [5.74, 6) is 0.432. The van der Waals surface area contributed by atoms with Crippen molar-refractivity contribution in [2.24, 2.45) is 0 Å². The molecule has 2 aromatic rings. The van der Waals surface area contributed by atoms with Gasteiger partial charge in [-0.15, -0.1) is 0 Å². The van der Waals surface area contributed by atoms with Crippen LogP contribution in [0.25, 0.3) is 5.76 Å². The lowest BCUT2D eigenvalue weighted by atomic mass is 9.94. The van der Waals surface area contributed by atoms with Gasteiger partial charge in [0.15, 0.2) is 11.5 Å². The van der Waals surface area contributed by atoms with Crippen LogP contribution >= 0.6 is 0 Å². The molecule has 2 heterocycles. The first-order valence-electron chi connectivity index (χ1n) is 14.4. The number of likely N-dealkylation sites (tertiary alicyclic amines) is 1. The Balaban J connectivity index is 1.75. The van der Waals surface area contributed by atoms with Gasteiger partial charge in [0, 0.05) is 18.5 Å². The van der Waals surface area contributed by atoms with Gasteiger partial charge >= 0.3 is 0 Å². The maximum Gasteiger partial charge on any atom is 0.295 e. The lowest BCUT2D eigenvalue weighted by molar-refractivity contribution is -0.140. The van der Waals surface area contributed by atoms with Gasteiger partial charge in [0.05, 0.1) is 25.3 Å². The number of rotatable bonds is 13. The molecule has 40 heavy (non-hydrogen) atoms. The molecule has 8 heteroatoms. The molecule has 216 valence electrons. The normalized spacial score (nSPS) is 19.7. The summed E-state index contributed by atoms with van der Waals surface area (Å²) in [6.45, 7) is 11.9. The van der Waals surface area contributed by atoms with Crippen LogP contribution in [0.5, 0.6) is 17.2 Å². The van der Waals surface area contributed by atoms with E-state index in [1.54, 1.807) is 24.1 Å². The van der Waals surface area contributed by atoms with E-state index in [1.165, 1.54) is 0 Å². The van der Waals surface area contributed by atoms with Gasteiger partial charge in [-0.1, -0.05) is 33.3 Å². The van der Waals surface area contributed by atoms with Crippen LogP contribution in [0.2, 0.25) is 0 Å². The van der Waals surface area contributed by atoms with Gasteiger partial charge in [-0.3, -0.25) is 9.59 Å². The van der Waals surface area contributed by atoms with Crippen molar-refractivity contribution in [2.45, 2.75) is 65.5 Å². The van der Waals surface area contributed by atoms with Gasteiger partial charge in [-0.05, 0) is 80.9 Å². The Morgan fingerprint density at radius 3 is 2.55 bits per heavy atom. The molecule has 0 radical (unpaired) electrons. The maximum absolute atomic E-state index is 13.5. The van der Waals surface area contributed by atoms with Crippen LogP contribution in [0.4, 0.5) is 0 Å². The van der Waals surface area contributed by atoms with E-state index in [1.807, 2.05) is 31.2 Å². The zero-order chi connectivity index (χ0) is 28.8. The largest absolute Gasteiger partial charge is 0.507 e. The SMILES string of the molecule is CCCCOc1ccc([C@@H]2C(=C(O)c3ccc4c(c3)C[C@H](C)O4)C(=O)C(=O)N2CCCN(CC)CC)cc1OC. The minimum Gasteiger partial charge on any atom is -0.507 e. The van der Waals surface area contributed by atoms with Crippen LogP contribution in [-0.4, -0.2) is 72.6 Å². The predicted octanol–water partition coefficient (Wildman–Crippen LogP) is 5.35. The predicted molar refractivity (Wildman–Crippen MR) is 155 cm³/mol. The van der Waals surface area contributed by atoms with E-state index in [-0.39, 0.29) is 17.4 Å². The molecule has 0 saturated carbocycles. The highest BCUT2D eigenvalue weighted by Crippen LogP contribution is 2.43. The molecule has 0 aromatic heterocycles. The van der Waals surface area contributed by atoms with Crippen LogP contribution in [0, 0.1) is 0 Å². The molecule has 0 unspecified atom stereocenters. The number of aliphatic hydroxyl groups excluding tert-OH is 1. The number of unbranched alkanes of at least 4 members (excludes halogenated alkanes) is 1. The number of methoxy groups -OCH3 is 1. The standard InChI is InChI=1S/C32H42N2O6/c1-6-9-17-39-26-14-11-22(20-27(26)38-5)29-28(30(35)23-12-13-25-24(19-23)18-21(4)40-25)31(36)32(37)34(29)16-10-15-33(7-2)8-3/h11-14,19-21,29,35H,6-10,15-18H2,1-5H3/t21-,29+/m0/s1. The zero-order valence-electron chi connectivity index (χ0n) is 24.4. The molecule has 8 nitrogen and oxygen atoms in total. The lowest BCUT2D eigenvalue weighted by Gasteiger charge is -2.27. The molecular weight excluding hydrogens is 508 g/mol.